The summed E-state index contributed by atoms with van der Waals surface area (Å²) in [4.78, 5) is 21.9. The van der Waals surface area contributed by atoms with Crippen LogP contribution < -0.4 is 5.32 Å². The van der Waals surface area contributed by atoms with Crippen LogP contribution in [0.15, 0.2) is 42.5 Å². The van der Waals surface area contributed by atoms with Crippen molar-refractivity contribution in [3.63, 3.8) is 0 Å². The van der Waals surface area contributed by atoms with Crippen LogP contribution in [0.2, 0.25) is 0 Å². The van der Waals surface area contributed by atoms with Crippen LogP contribution in [0.5, 0.6) is 0 Å². The number of benzene rings is 1. The Morgan fingerprint density at radius 1 is 1.39 bits per heavy atom. The van der Waals surface area contributed by atoms with Gasteiger partial charge in [0.05, 0.1) is 7.11 Å². The van der Waals surface area contributed by atoms with Crippen LogP contribution in [0.25, 0.3) is 0 Å². The van der Waals surface area contributed by atoms with Gasteiger partial charge in [0.25, 0.3) is 0 Å². The Morgan fingerprint density at radius 2 is 2.06 bits per heavy atom. The molecule has 0 aliphatic heterocycles. The standard InChI is InChI=1S/C13H15NO4/c1-18-13(17)12(10-6-3-2-4-7-10)14-9-5-8-11(15)16/h2-8,12,14H,9H2,1H3,(H,15,16)/b8-5+. The van der Waals surface area contributed by atoms with Crippen LogP contribution in [0, 0.1) is 0 Å². The van der Waals surface area contributed by atoms with Crippen molar-refractivity contribution in [2.75, 3.05) is 13.7 Å². The number of aliphatic carboxylic acids is 1. The summed E-state index contributed by atoms with van der Waals surface area (Å²) in [7, 11) is 1.31. The molecule has 2 N–H and O–H groups in total. The van der Waals surface area contributed by atoms with Crippen molar-refractivity contribution in [2.45, 2.75) is 6.04 Å². The van der Waals surface area contributed by atoms with Gasteiger partial charge in [0.1, 0.15) is 6.04 Å². The Labute approximate surface area is 105 Å². The normalized spacial score (nSPS) is 12.3. The maximum atomic E-state index is 11.6. The van der Waals surface area contributed by atoms with E-state index in [0.717, 1.165) is 11.6 Å². The minimum atomic E-state index is -1.02. The molecular weight excluding hydrogens is 234 g/mol. The molecule has 0 amide bonds. The van der Waals surface area contributed by atoms with E-state index < -0.39 is 18.0 Å². The highest BCUT2D eigenvalue weighted by atomic mass is 16.5. The highest BCUT2D eigenvalue weighted by molar-refractivity contribution is 5.80. The number of nitrogens with one attached hydrogen (secondary N) is 1. The van der Waals surface area contributed by atoms with Crippen LogP contribution in [0.4, 0.5) is 0 Å². The van der Waals surface area contributed by atoms with Gasteiger partial charge in [-0.15, -0.1) is 0 Å². The fourth-order valence-electron chi connectivity index (χ4n) is 1.45. The van der Waals surface area contributed by atoms with Gasteiger partial charge in [-0.2, -0.15) is 0 Å². The number of methoxy groups -OCH3 is 1. The third kappa shape index (κ3) is 4.39. The SMILES string of the molecule is COC(=O)C(NC/C=C/C(=O)O)c1ccccc1. The number of carbonyl (C=O) groups excluding carboxylic acids is 1. The van der Waals surface area contributed by atoms with Crippen molar-refractivity contribution >= 4 is 11.9 Å². The molecule has 5 heteroatoms. The Bertz CT molecular complexity index is 428. The van der Waals surface area contributed by atoms with E-state index in [1.165, 1.54) is 13.2 Å². The summed E-state index contributed by atoms with van der Waals surface area (Å²) in [5.74, 6) is -1.43. The number of carboxylic acid groups (broad SMARTS) is 1. The van der Waals surface area contributed by atoms with E-state index in [4.69, 9.17) is 9.84 Å². The van der Waals surface area contributed by atoms with E-state index in [9.17, 15) is 9.59 Å². The molecule has 5 nitrogen and oxygen atoms in total. The van der Waals surface area contributed by atoms with Crippen molar-refractivity contribution in [3.05, 3.63) is 48.0 Å². The summed E-state index contributed by atoms with van der Waals surface area (Å²) in [5, 5.41) is 11.4. The first-order valence-electron chi connectivity index (χ1n) is 5.40. The lowest BCUT2D eigenvalue weighted by molar-refractivity contribution is -0.143. The molecule has 0 fully saturated rings. The maximum absolute atomic E-state index is 11.6. The van der Waals surface area contributed by atoms with Crippen LogP contribution in [-0.4, -0.2) is 30.7 Å². The highest BCUT2D eigenvalue weighted by Gasteiger charge is 2.19. The molecule has 0 spiro atoms. The maximum Gasteiger partial charge on any atom is 0.328 e. The van der Waals surface area contributed by atoms with Crippen molar-refractivity contribution in [1.29, 1.82) is 0 Å². The molecule has 0 saturated carbocycles. The van der Waals surface area contributed by atoms with Crippen LogP contribution in [0.1, 0.15) is 11.6 Å². The largest absolute Gasteiger partial charge is 0.478 e. The Hall–Kier alpha value is -2.14. The Balaban J connectivity index is 2.69. The van der Waals surface area contributed by atoms with Crippen molar-refractivity contribution < 1.29 is 19.4 Å². The fraction of sp³-hybridized carbons (Fsp3) is 0.231. The molecule has 0 aliphatic rings. The van der Waals surface area contributed by atoms with Gasteiger partial charge in [-0.05, 0) is 5.56 Å². The Morgan fingerprint density at radius 3 is 2.61 bits per heavy atom. The number of ether oxygens (including phenoxy) is 1. The molecule has 1 aromatic rings. The molecule has 0 aliphatic carbocycles. The van der Waals surface area contributed by atoms with E-state index in [2.05, 4.69) is 5.32 Å². The predicted octanol–water partition coefficient (Wildman–Crippen LogP) is 1.13. The first-order valence-corrected chi connectivity index (χ1v) is 5.40. The first-order chi connectivity index (χ1) is 8.65. The molecule has 1 unspecified atom stereocenters. The second kappa shape index (κ2) is 7.24. The number of hydrogen-bond donors (Lipinski definition) is 2. The lowest BCUT2D eigenvalue weighted by Crippen LogP contribution is -2.29. The molecule has 1 atom stereocenters. The number of carbonyl (C=O) groups is 2. The number of hydrogen-bond acceptors (Lipinski definition) is 4. The minimum Gasteiger partial charge on any atom is -0.478 e. The van der Waals surface area contributed by atoms with Crippen LogP contribution >= 0.6 is 0 Å². The third-order valence-corrected chi connectivity index (χ3v) is 2.27. The van der Waals surface area contributed by atoms with Crippen LogP contribution in [-0.2, 0) is 14.3 Å². The van der Waals surface area contributed by atoms with Gasteiger partial charge in [0.2, 0.25) is 0 Å². The zero-order valence-electron chi connectivity index (χ0n) is 10.00. The Kier molecular flexibility index (Phi) is 5.60. The average molecular weight is 249 g/mol. The monoisotopic (exact) mass is 249 g/mol. The van der Waals surface area contributed by atoms with Gasteiger partial charge in [0.15, 0.2) is 0 Å². The molecule has 0 radical (unpaired) electrons. The van der Waals surface area contributed by atoms with Gasteiger partial charge in [0, 0.05) is 12.6 Å². The van der Waals surface area contributed by atoms with Crippen LogP contribution in [0.3, 0.4) is 0 Å². The summed E-state index contributed by atoms with van der Waals surface area (Å²) in [6.07, 6.45) is 2.45. The molecule has 96 valence electrons. The summed E-state index contributed by atoms with van der Waals surface area (Å²) in [5.41, 5.74) is 0.771. The predicted molar refractivity (Wildman–Crippen MR) is 66.0 cm³/mol. The molecule has 0 saturated heterocycles. The third-order valence-electron chi connectivity index (χ3n) is 2.27. The molecular formula is C13H15NO4. The summed E-state index contributed by atoms with van der Waals surface area (Å²) in [6.45, 7) is 0.265. The zero-order chi connectivity index (χ0) is 13.4. The average Bonchev–Trinajstić information content (AvgIpc) is 2.38. The highest BCUT2D eigenvalue weighted by Crippen LogP contribution is 2.13. The number of carboxylic acids is 1. The van der Waals surface area contributed by atoms with Crippen molar-refractivity contribution in [2.24, 2.45) is 0 Å². The molecule has 0 bridgehead atoms. The summed E-state index contributed by atoms with van der Waals surface area (Å²) >= 11 is 0. The molecule has 1 rings (SSSR count). The van der Waals surface area contributed by atoms with E-state index >= 15 is 0 Å². The van der Waals surface area contributed by atoms with Crippen molar-refractivity contribution in [3.8, 4) is 0 Å². The lowest BCUT2D eigenvalue weighted by atomic mass is 10.1. The molecule has 1 aromatic carbocycles. The van der Waals surface area contributed by atoms with E-state index in [1.54, 1.807) is 12.1 Å². The van der Waals surface area contributed by atoms with E-state index in [0.29, 0.717) is 0 Å². The second-order valence-corrected chi connectivity index (χ2v) is 3.52. The quantitative estimate of drug-likeness (QED) is 0.584. The molecule has 0 heterocycles. The van der Waals surface area contributed by atoms with Gasteiger partial charge in [-0.3, -0.25) is 5.32 Å². The topological polar surface area (TPSA) is 75.6 Å². The second-order valence-electron chi connectivity index (χ2n) is 3.52. The first kappa shape index (κ1) is 13.9. The zero-order valence-corrected chi connectivity index (χ0v) is 10.00. The summed E-state index contributed by atoms with van der Waals surface area (Å²) in [6, 6.07) is 8.49. The van der Waals surface area contributed by atoms with Gasteiger partial charge < -0.3 is 9.84 Å². The van der Waals surface area contributed by atoms with Gasteiger partial charge >= 0.3 is 11.9 Å². The van der Waals surface area contributed by atoms with E-state index in [1.807, 2.05) is 18.2 Å². The number of esters is 1. The molecule has 18 heavy (non-hydrogen) atoms. The van der Waals surface area contributed by atoms with Gasteiger partial charge in [-0.25, -0.2) is 9.59 Å². The van der Waals surface area contributed by atoms with Crippen molar-refractivity contribution in [1.82, 2.24) is 5.32 Å². The van der Waals surface area contributed by atoms with Gasteiger partial charge in [-0.1, -0.05) is 36.4 Å². The minimum absolute atomic E-state index is 0.265. The number of rotatable bonds is 6. The summed E-state index contributed by atoms with van der Waals surface area (Å²) < 4.78 is 4.70. The smallest absolute Gasteiger partial charge is 0.328 e. The lowest BCUT2D eigenvalue weighted by Gasteiger charge is -2.15. The van der Waals surface area contributed by atoms with E-state index in [-0.39, 0.29) is 6.54 Å². The fourth-order valence-corrected chi connectivity index (χ4v) is 1.45. The molecule has 0 aromatic heterocycles.